The zero-order chi connectivity index (χ0) is 16.5. The Morgan fingerprint density at radius 2 is 1.92 bits per heavy atom. The van der Waals surface area contributed by atoms with E-state index in [1.54, 1.807) is 0 Å². The van der Waals surface area contributed by atoms with Crippen molar-refractivity contribution in [1.29, 1.82) is 0 Å². The molecule has 1 aromatic carbocycles. The predicted molar refractivity (Wildman–Crippen MR) is 96.7 cm³/mol. The number of halogens is 1. The minimum atomic E-state index is -0.127. The van der Waals surface area contributed by atoms with E-state index in [0.717, 1.165) is 16.9 Å². The fourth-order valence-electron chi connectivity index (χ4n) is 2.57. The Bertz CT molecular complexity index is 1010. The number of hydrogen-bond donors (Lipinski definition) is 2. The van der Waals surface area contributed by atoms with Crippen LogP contribution in [0.25, 0.3) is 16.9 Å². The molecular formula is C18H13ClN3OS+. The number of carbonyl (C=O) groups is 1. The third kappa shape index (κ3) is 2.68. The van der Waals surface area contributed by atoms with Crippen molar-refractivity contribution in [3.63, 3.8) is 0 Å². The molecule has 4 rings (SSSR count). The zero-order valence-corrected chi connectivity index (χ0v) is 14.1. The Morgan fingerprint density at radius 1 is 1.08 bits per heavy atom. The first kappa shape index (κ1) is 14.9. The van der Waals surface area contributed by atoms with Gasteiger partial charge < -0.3 is 0 Å². The van der Waals surface area contributed by atoms with Crippen molar-refractivity contribution >= 4 is 40.3 Å². The lowest BCUT2D eigenvalue weighted by Crippen LogP contribution is -2.26. The quantitative estimate of drug-likeness (QED) is 0.527. The summed E-state index contributed by atoms with van der Waals surface area (Å²) >= 11 is 7.40. The summed E-state index contributed by atoms with van der Waals surface area (Å²) in [7, 11) is 0. The van der Waals surface area contributed by atoms with Crippen LogP contribution in [0.4, 0.5) is 5.82 Å². The first-order chi connectivity index (χ1) is 11.7. The topological polar surface area (TPSA) is 49.0 Å². The standard InChI is InChI=1S/C18H12ClN3OS/c19-13-8-6-12(7-9-13)16-17(21-18(23)14-4-3-11-24-14)22-10-2-1-5-15(22)20-16/h1-11H,(H,21,23)/p+1. The van der Waals surface area contributed by atoms with Crippen LogP contribution in [0.1, 0.15) is 9.67 Å². The minimum absolute atomic E-state index is 0.127. The van der Waals surface area contributed by atoms with Crippen molar-refractivity contribution in [2.24, 2.45) is 0 Å². The van der Waals surface area contributed by atoms with Gasteiger partial charge in [0.15, 0.2) is 5.69 Å². The molecule has 3 aromatic heterocycles. The maximum atomic E-state index is 12.5. The van der Waals surface area contributed by atoms with Crippen LogP contribution in [0.3, 0.4) is 0 Å². The highest BCUT2D eigenvalue weighted by Gasteiger charge is 2.23. The van der Waals surface area contributed by atoms with Crippen molar-refractivity contribution in [1.82, 2.24) is 4.98 Å². The highest BCUT2D eigenvalue weighted by Crippen LogP contribution is 2.27. The van der Waals surface area contributed by atoms with Gasteiger partial charge in [0.1, 0.15) is 4.88 Å². The SMILES string of the molecule is O=C(Nc1c(-c2ccc(Cl)cc2)[nH]c2cccc[n+]12)c1cccs1. The van der Waals surface area contributed by atoms with Gasteiger partial charge in [-0.3, -0.25) is 4.98 Å². The Kier molecular flexibility index (Phi) is 3.80. The molecule has 0 radical (unpaired) electrons. The Balaban J connectivity index is 1.84. The van der Waals surface area contributed by atoms with Crippen molar-refractivity contribution in [2.45, 2.75) is 0 Å². The third-order valence-corrected chi connectivity index (χ3v) is 4.82. The van der Waals surface area contributed by atoms with E-state index in [9.17, 15) is 4.79 Å². The monoisotopic (exact) mass is 354 g/mol. The van der Waals surface area contributed by atoms with Gasteiger partial charge in [-0.05, 0) is 41.8 Å². The van der Waals surface area contributed by atoms with E-state index in [4.69, 9.17) is 11.6 Å². The highest BCUT2D eigenvalue weighted by atomic mass is 35.5. The number of thiophene rings is 1. The van der Waals surface area contributed by atoms with E-state index in [1.165, 1.54) is 11.3 Å². The molecule has 24 heavy (non-hydrogen) atoms. The number of carbonyl (C=O) groups excluding carboxylic acids is 1. The lowest BCUT2D eigenvalue weighted by Gasteiger charge is -2.01. The fourth-order valence-corrected chi connectivity index (χ4v) is 3.32. The van der Waals surface area contributed by atoms with Crippen molar-refractivity contribution < 1.29 is 9.20 Å². The molecule has 1 amide bonds. The smallest absolute Gasteiger partial charge is 0.267 e. The number of aromatic nitrogens is 2. The second-order valence-corrected chi connectivity index (χ2v) is 6.63. The number of nitrogens with zero attached hydrogens (tertiary/aromatic N) is 1. The molecule has 6 heteroatoms. The van der Waals surface area contributed by atoms with Gasteiger partial charge in [0.05, 0.1) is 6.20 Å². The maximum Gasteiger partial charge on any atom is 0.321 e. The van der Waals surface area contributed by atoms with Crippen LogP contribution in [0.15, 0.2) is 66.2 Å². The molecule has 0 aliphatic carbocycles. The van der Waals surface area contributed by atoms with Gasteiger partial charge >= 0.3 is 5.91 Å². The summed E-state index contributed by atoms with van der Waals surface area (Å²) in [5, 5.41) is 5.58. The second kappa shape index (κ2) is 6.11. The molecule has 3 heterocycles. The number of imidazole rings is 1. The number of benzene rings is 1. The summed E-state index contributed by atoms with van der Waals surface area (Å²) in [6, 6.07) is 17.0. The van der Waals surface area contributed by atoms with Crippen molar-refractivity contribution in [3.05, 3.63) is 76.1 Å². The van der Waals surface area contributed by atoms with Gasteiger partial charge in [-0.25, -0.2) is 14.5 Å². The van der Waals surface area contributed by atoms with Gasteiger partial charge in [0.2, 0.25) is 5.65 Å². The van der Waals surface area contributed by atoms with Gasteiger partial charge in [0, 0.05) is 16.7 Å². The number of aromatic amines is 1. The summed E-state index contributed by atoms with van der Waals surface area (Å²) in [6.07, 6.45) is 1.91. The molecule has 0 fully saturated rings. The van der Waals surface area contributed by atoms with E-state index in [1.807, 2.05) is 70.6 Å². The molecule has 0 bridgehead atoms. The normalized spacial score (nSPS) is 10.9. The summed E-state index contributed by atoms with van der Waals surface area (Å²) in [4.78, 5) is 16.5. The molecule has 2 N–H and O–H groups in total. The molecular weight excluding hydrogens is 342 g/mol. The first-order valence-corrected chi connectivity index (χ1v) is 8.61. The van der Waals surface area contributed by atoms with Crippen LogP contribution < -0.4 is 9.72 Å². The average molecular weight is 355 g/mol. The highest BCUT2D eigenvalue weighted by molar-refractivity contribution is 7.12. The number of hydrogen-bond acceptors (Lipinski definition) is 2. The van der Waals surface area contributed by atoms with Gasteiger partial charge in [-0.2, -0.15) is 0 Å². The van der Waals surface area contributed by atoms with E-state index >= 15 is 0 Å². The number of nitrogens with one attached hydrogen (secondary N) is 2. The zero-order valence-electron chi connectivity index (χ0n) is 12.5. The molecule has 0 spiro atoms. The van der Waals surface area contributed by atoms with E-state index < -0.39 is 0 Å². The summed E-state index contributed by atoms with van der Waals surface area (Å²) < 4.78 is 1.93. The molecule has 0 atom stereocenters. The lowest BCUT2D eigenvalue weighted by molar-refractivity contribution is -0.493. The summed E-state index contributed by atoms with van der Waals surface area (Å²) in [5.41, 5.74) is 2.68. The molecule has 0 aliphatic rings. The summed E-state index contributed by atoms with van der Waals surface area (Å²) in [5.74, 6) is 0.573. The Hall–Kier alpha value is -2.63. The Labute approximate surface area is 147 Å². The Morgan fingerprint density at radius 3 is 2.67 bits per heavy atom. The molecule has 0 saturated carbocycles. The largest absolute Gasteiger partial charge is 0.321 e. The third-order valence-electron chi connectivity index (χ3n) is 3.70. The van der Waals surface area contributed by atoms with Crippen LogP contribution in [0.5, 0.6) is 0 Å². The molecule has 0 aliphatic heterocycles. The van der Waals surface area contributed by atoms with E-state index in [-0.39, 0.29) is 5.91 Å². The van der Waals surface area contributed by atoms with Gasteiger partial charge in [0.25, 0.3) is 5.82 Å². The predicted octanol–water partition coefficient (Wildman–Crippen LogP) is 4.39. The van der Waals surface area contributed by atoms with Crippen molar-refractivity contribution in [2.75, 3.05) is 5.32 Å². The van der Waals surface area contributed by atoms with Crippen LogP contribution in [0.2, 0.25) is 5.02 Å². The number of fused-ring (bicyclic) bond motifs is 1. The lowest BCUT2D eigenvalue weighted by atomic mass is 10.1. The van der Waals surface area contributed by atoms with E-state index in [2.05, 4.69) is 10.3 Å². The van der Waals surface area contributed by atoms with E-state index in [0.29, 0.717) is 15.7 Å². The molecule has 4 aromatic rings. The number of pyridine rings is 1. The van der Waals surface area contributed by atoms with Gasteiger partial charge in [-0.15, -0.1) is 11.3 Å². The number of anilines is 1. The van der Waals surface area contributed by atoms with Crippen LogP contribution >= 0.6 is 22.9 Å². The van der Waals surface area contributed by atoms with Crippen LogP contribution in [0, 0.1) is 0 Å². The number of H-pyrrole nitrogens is 1. The van der Waals surface area contributed by atoms with Crippen LogP contribution in [-0.4, -0.2) is 10.9 Å². The number of amides is 1. The van der Waals surface area contributed by atoms with Crippen molar-refractivity contribution in [3.8, 4) is 11.3 Å². The van der Waals surface area contributed by atoms with Crippen LogP contribution in [-0.2, 0) is 0 Å². The average Bonchev–Trinajstić information content (AvgIpc) is 3.24. The minimum Gasteiger partial charge on any atom is -0.267 e. The molecule has 4 nitrogen and oxygen atoms in total. The second-order valence-electron chi connectivity index (χ2n) is 5.24. The summed E-state index contributed by atoms with van der Waals surface area (Å²) in [6.45, 7) is 0. The maximum absolute atomic E-state index is 12.5. The number of rotatable bonds is 3. The fraction of sp³-hybridized carbons (Fsp3) is 0. The molecule has 0 saturated heterocycles. The first-order valence-electron chi connectivity index (χ1n) is 7.35. The molecule has 0 unspecified atom stereocenters. The van der Waals surface area contributed by atoms with Gasteiger partial charge in [-0.1, -0.05) is 23.7 Å². The molecule has 118 valence electrons.